The Labute approximate surface area is 161 Å². The highest BCUT2D eigenvalue weighted by Crippen LogP contribution is 2.25. The first-order chi connectivity index (χ1) is 13.7. The van der Waals surface area contributed by atoms with Crippen molar-refractivity contribution in [3.8, 4) is 5.75 Å². The minimum absolute atomic E-state index is 0.0729. The molecule has 2 aromatic rings. The van der Waals surface area contributed by atoms with E-state index < -0.39 is 53.4 Å². The topological polar surface area (TPSA) is 96.0 Å². The van der Waals surface area contributed by atoms with Crippen LogP contribution in [0, 0.1) is 17.5 Å². The molecule has 1 saturated heterocycles. The molecule has 0 unspecified atom stereocenters. The van der Waals surface area contributed by atoms with E-state index in [1.54, 1.807) is 0 Å². The lowest BCUT2D eigenvalue weighted by Crippen LogP contribution is -2.39. The quantitative estimate of drug-likeness (QED) is 0.465. The zero-order chi connectivity index (χ0) is 21.3. The van der Waals surface area contributed by atoms with Gasteiger partial charge in [0.2, 0.25) is 5.91 Å². The highest BCUT2D eigenvalue weighted by molar-refractivity contribution is 6.53. The van der Waals surface area contributed by atoms with E-state index in [0.29, 0.717) is 21.6 Å². The van der Waals surface area contributed by atoms with Crippen molar-refractivity contribution >= 4 is 35.1 Å². The number of nitrogens with one attached hydrogen (secondary N) is 1. The van der Waals surface area contributed by atoms with Gasteiger partial charge in [0.05, 0.1) is 18.5 Å². The Morgan fingerprint density at radius 1 is 0.966 bits per heavy atom. The van der Waals surface area contributed by atoms with Gasteiger partial charge in [0.25, 0.3) is 0 Å². The van der Waals surface area contributed by atoms with Crippen LogP contribution < -0.4 is 15.0 Å². The van der Waals surface area contributed by atoms with Crippen LogP contribution in [0.1, 0.15) is 0 Å². The molecule has 0 aromatic heterocycles. The zero-order valence-electron chi connectivity index (χ0n) is 14.7. The van der Waals surface area contributed by atoms with E-state index in [9.17, 15) is 32.3 Å². The molecule has 0 bridgehead atoms. The van der Waals surface area contributed by atoms with Crippen molar-refractivity contribution in [2.45, 2.75) is 0 Å². The molecule has 1 N–H and O–H groups in total. The second-order valence-corrected chi connectivity index (χ2v) is 5.78. The lowest BCUT2D eigenvalue weighted by molar-refractivity contribution is -0.140. The van der Waals surface area contributed by atoms with Gasteiger partial charge in [-0.1, -0.05) is 0 Å². The summed E-state index contributed by atoms with van der Waals surface area (Å²) in [5.41, 5.74) is -0.616. The van der Waals surface area contributed by atoms with Gasteiger partial charge in [0, 0.05) is 0 Å². The largest absolute Gasteiger partial charge is 0.497 e. The van der Waals surface area contributed by atoms with Crippen LogP contribution in [0.25, 0.3) is 0 Å². The molecule has 0 spiro atoms. The van der Waals surface area contributed by atoms with Crippen molar-refractivity contribution in [3.63, 3.8) is 0 Å². The summed E-state index contributed by atoms with van der Waals surface area (Å²) in [7, 11) is 1.42. The average molecular weight is 407 g/mol. The van der Waals surface area contributed by atoms with Gasteiger partial charge in [0.15, 0.2) is 17.5 Å². The highest BCUT2D eigenvalue weighted by Gasteiger charge is 2.46. The number of carbonyl (C=O) groups is 4. The maximum Gasteiger partial charge on any atom is 0.339 e. The number of halogens is 3. The van der Waals surface area contributed by atoms with Crippen molar-refractivity contribution < 1.29 is 37.1 Å². The number of amides is 5. The number of nitrogens with zero attached hydrogens (tertiary/aromatic N) is 2. The van der Waals surface area contributed by atoms with Crippen LogP contribution in [0.5, 0.6) is 5.75 Å². The van der Waals surface area contributed by atoms with E-state index in [2.05, 4.69) is 0 Å². The van der Waals surface area contributed by atoms with Crippen LogP contribution in [-0.4, -0.2) is 42.3 Å². The lowest BCUT2D eigenvalue weighted by Gasteiger charge is -2.16. The molecule has 2 aromatic carbocycles. The molecule has 0 aliphatic carbocycles. The summed E-state index contributed by atoms with van der Waals surface area (Å²) in [6.45, 7) is -0.936. The molecule has 29 heavy (non-hydrogen) atoms. The zero-order valence-corrected chi connectivity index (χ0v) is 14.7. The number of ether oxygens (including phenoxy) is 1. The molecule has 5 amide bonds. The van der Waals surface area contributed by atoms with Gasteiger partial charge in [-0.05, 0) is 36.4 Å². The normalized spacial score (nSPS) is 13.9. The summed E-state index contributed by atoms with van der Waals surface area (Å²) < 4.78 is 44.8. The molecule has 0 saturated carbocycles. The van der Waals surface area contributed by atoms with Gasteiger partial charge in [-0.2, -0.15) is 0 Å². The smallest absolute Gasteiger partial charge is 0.339 e. The van der Waals surface area contributed by atoms with Crippen molar-refractivity contribution in [1.82, 2.24) is 4.90 Å². The number of hydrogen-bond acceptors (Lipinski definition) is 5. The van der Waals surface area contributed by atoms with Crippen molar-refractivity contribution in [2.75, 3.05) is 23.9 Å². The summed E-state index contributed by atoms with van der Waals surface area (Å²) in [5.74, 6) is -8.00. The second kappa shape index (κ2) is 7.62. The average Bonchev–Trinajstić information content (AvgIpc) is 2.92. The first-order valence-corrected chi connectivity index (χ1v) is 8.02. The first kappa shape index (κ1) is 19.9. The summed E-state index contributed by atoms with van der Waals surface area (Å²) in [5, 5.41) is 1.92. The molecule has 0 radical (unpaired) electrons. The first-order valence-electron chi connectivity index (χ1n) is 8.02. The van der Waals surface area contributed by atoms with Crippen molar-refractivity contribution in [3.05, 3.63) is 53.8 Å². The minimum Gasteiger partial charge on any atom is -0.497 e. The molecular weight excluding hydrogens is 395 g/mol. The molecule has 3 rings (SSSR count). The summed E-state index contributed by atoms with van der Waals surface area (Å²) in [6.07, 6.45) is 0. The van der Waals surface area contributed by atoms with Crippen molar-refractivity contribution in [2.24, 2.45) is 0 Å². The lowest BCUT2D eigenvalue weighted by atomic mass is 10.2. The molecule has 0 atom stereocenters. The maximum atomic E-state index is 13.6. The van der Waals surface area contributed by atoms with E-state index in [4.69, 9.17) is 4.74 Å². The van der Waals surface area contributed by atoms with Crippen LogP contribution in [0.2, 0.25) is 0 Å². The van der Waals surface area contributed by atoms with Crippen molar-refractivity contribution in [1.29, 1.82) is 0 Å². The third-order valence-corrected chi connectivity index (χ3v) is 4.00. The number of urea groups is 1. The Balaban J connectivity index is 1.76. The third-order valence-electron chi connectivity index (χ3n) is 4.00. The molecule has 8 nitrogen and oxygen atoms in total. The number of anilines is 2. The van der Waals surface area contributed by atoms with Gasteiger partial charge in [-0.3, -0.25) is 14.4 Å². The predicted molar refractivity (Wildman–Crippen MR) is 92.5 cm³/mol. The predicted octanol–water partition coefficient (Wildman–Crippen LogP) is 2.05. The number of carbonyl (C=O) groups excluding carboxylic acids is 4. The number of rotatable bonds is 5. The molecule has 1 aliphatic rings. The van der Waals surface area contributed by atoms with E-state index in [1.165, 1.54) is 31.4 Å². The fraction of sp³-hybridized carbons (Fsp3) is 0.111. The number of benzene rings is 2. The number of methoxy groups -OCH3 is 1. The fourth-order valence-corrected chi connectivity index (χ4v) is 2.56. The van der Waals surface area contributed by atoms with E-state index in [0.717, 1.165) is 6.07 Å². The van der Waals surface area contributed by atoms with Crippen LogP contribution in [0.15, 0.2) is 36.4 Å². The van der Waals surface area contributed by atoms with Gasteiger partial charge in [-0.15, -0.1) is 0 Å². The highest BCUT2D eigenvalue weighted by atomic mass is 19.2. The summed E-state index contributed by atoms with van der Waals surface area (Å²) in [6, 6.07) is 5.92. The van der Waals surface area contributed by atoms with E-state index >= 15 is 0 Å². The number of imide groups is 2. The molecular formula is C18H12F3N3O5. The summed E-state index contributed by atoms with van der Waals surface area (Å²) in [4.78, 5) is 49.7. The Morgan fingerprint density at radius 3 is 2.24 bits per heavy atom. The Hall–Kier alpha value is -3.89. The molecule has 1 aliphatic heterocycles. The Kier molecular flexibility index (Phi) is 5.22. The Bertz CT molecular complexity index is 1030. The number of hydrogen-bond donors (Lipinski definition) is 1. The third kappa shape index (κ3) is 3.61. The SMILES string of the molecule is COc1ccc(N2C(=O)C(=O)N(CC(=O)Nc3ccc(F)c(F)c3F)C2=O)cc1. The fourth-order valence-electron chi connectivity index (χ4n) is 2.56. The van der Waals surface area contributed by atoms with E-state index in [1.807, 2.05) is 5.32 Å². The minimum atomic E-state index is -1.79. The summed E-state index contributed by atoms with van der Waals surface area (Å²) >= 11 is 0. The van der Waals surface area contributed by atoms with Gasteiger partial charge >= 0.3 is 17.8 Å². The van der Waals surface area contributed by atoms with Crippen LogP contribution in [-0.2, 0) is 14.4 Å². The van der Waals surface area contributed by atoms with Gasteiger partial charge in [-0.25, -0.2) is 27.8 Å². The molecule has 1 fully saturated rings. The maximum absolute atomic E-state index is 13.6. The molecule has 11 heteroatoms. The van der Waals surface area contributed by atoms with Crippen LogP contribution in [0.3, 0.4) is 0 Å². The standard InChI is InChI=1S/C18H12F3N3O5/c1-29-10-4-2-9(3-5-10)24-17(27)16(26)23(18(24)28)8-13(25)22-12-7-6-11(19)14(20)15(12)21/h2-7H,8H2,1H3,(H,22,25). The second-order valence-electron chi connectivity index (χ2n) is 5.78. The van der Waals surface area contributed by atoms with E-state index in [-0.39, 0.29) is 5.69 Å². The Morgan fingerprint density at radius 2 is 1.62 bits per heavy atom. The van der Waals surface area contributed by atoms with Crippen LogP contribution in [0.4, 0.5) is 29.3 Å². The van der Waals surface area contributed by atoms with Gasteiger partial charge < -0.3 is 10.1 Å². The molecule has 1 heterocycles. The van der Waals surface area contributed by atoms with Crippen LogP contribution >= 0.6 is 0 Å². The molecule has 150 valence electrons. The van der Waals surface area contributed by atoms with Gasteiger partial charge in [0.1, 0.15) is 12.3 Å². The monoisotopic (exact) mass is 407 g/mol.